The van der Waals surface area contributed by atoms with Crippen LogP contribution in [0.4, 0.5) is 0 Å². The maximum atomic E-state index is 8.56. The van der Waals surface area contributed by atoms with E-state index in [1.807, 2.05) is 0 Å². The lowest BCUT2D eigenvalue weighted by molar-refractivity contribution is -0.301. The molecule has 0 saturated heterocycles. The standard InChI is InChI=1S/C6H10O4/c1-6(8-2)9-4-5(3-7)10-6/h4,7H,3H2,1-2H3. The van der Waals surface area contributed by atoms with Crippen molar-refractivity contribution < 1.29 is 19.3 Å². The summed E-state index contributed by atoms with van der Waals surface area (Å²) in [7, 11) is 1.47. The van der Waals surface area contributed by atoms with Crippen LogP contribution in [0.25, 0.3) is 0 Å². The molecule has 4 heteroatoms. The number of methoxy groups -OCH3 is 1. The molecule has 0 aromatic heterocycles. The molecule has 0 aliphatic carbocycles. The van der Waals surface area contributed by atoms with Gasteiger partial charge in [-0.1, -0.05) is 0 Å². The van der Waals surface area contributed by atoms with Gasteiger partial charge < -0.3 is 19.3 Å². The van der Waals surface area contributed by atoms with E-state index < -0.39 is 5.97 Å². The predicted molar refractivity (Wildman–Crippen MR) is 32.8 cm³/mol. The predicted octanol–water partition coefficient (Wildman–Crippen LogP) is 0.187. The average molecular weight is 146 g/mol. The summed E-state index contributed by atoms with van der Waals surface area (Å²) in [5.74, 6) is -0.665. The second-order valence-corrected chi connectivity index (χ2v) is 2.03. The highest BCUT2D eigenvalue weighted by Crippen LogP contribution is 2.24. The summed E-state index contributed by atoms with van der Waals surface area (Å²) in [6, 6.07) is 0. The van der Waals surface area contributed by atoms with Crippen molar-refractivity contribution in [3.05, 3.63) is 12.0 Å². The van der Waals surface area contributed by atoms with E-state index in [1.54, 1.807) is 6.92 Å². The Hall–Kier alpha value is -0.740. The lowest BCUT2D eigenvalue weighted by Gasteiger charge is -2.20. The van der Waals surface area contributed by atoms with Crippen molar-refractivity contribution >= 4 is 0 Å². The Labute approximate surface area is 59.0 Å². The fourth-order valence-electron chi connectivity index (χ4n) is 0.618. The van der Waals surface area contributed by atoms with Crippen molar-refractivity contribution in [2.24, 2.45) is 0 Å². The van der Waals surface area contributed by atoms with Crippen LogP contribution in [0.2, 0.25) is 0 Å². The van der Waals surface area contributed by atoms with E-state index in [-0.39, 0.29) is 6.61 Å². The van der Waals surface area contributed by atoms with E-state index in [9.17, 15) is 0 Å². The topological polar surface area (TPSA) is 47.9 Å². The summed E-state index contributed by atoms with van der Waals surface area (Å²) in [6.45, 7) is 1.45. The molecule has 0 aromatic rings. The molecule has 1 atom stereocenters. The molecule has 0 bridgehead atoms. The number of rotatable bonds is 2. The molecule has 1 N–H and O–H groups in total. The average Bonchev–Trinajstić information content (AvgIpc) is 2.33. The Morgan fingerprint density at radius 3 is 2.80 bits per heavy atom. The molecule has 1 rings (SSSR count). The van der Waals surface area contributed by atoms with Gasteiger partial charge in [0.2, 0.25) is 0 Å². The van der Waals surface area contributed by atoms with Crippen LogP contribution in [0, 0.1) is 0 Å². The summed E-state index contributed by atoms with van der Waals surface area (Å²) >= 11 is 0. The van der Waals surface area contributed by atoms with Crippen molar-refractivity contribution in [3.63, 3.8) is 0 Å². The minimum absolute atomic E-state index is 0.168. The van der Waals surface area contributed by atoms with Crippen molar-refractivity contribution in [2.45, 2.75) is 12.9 Å². The molecule has 1 unspecified atom stereocenters. The molecule has 1 aliphatic rings. The third-order valence-corrected chi connectivity index (χ3v) is 1.25. The van der Waals surface area contributed by atoms with Gasteiger partial charge in [0.1, 0.15) is 12.9 Å². The Morgan fingerprint density at radius 1 is 1.80 bits per heavy atom. The third-order valence-electron chi connectivity index (χ3n) is 1.25. The van der Waals surface area contributed by atoms with E-state index in [0.717, 1.165) is 0 Å². The fourth-order valence-corrected chi connectivity index (χ4v) is 0.618. The number of ether oxygens (including phenoxy) is 3. The van der Waals surface area contributed by atoms with Crippen LogP contribution in [0.5, 0.6) is 0 Å². The lowest BCUT2D eigenvalue weighted by Crippen LogP contribution is -2.28. The van der Waals surface area contributed by atoms with E-state index in [2.05, 4.69) is 0 Å². The molecular weight excluding hydrogens is 136 g/mol. The number of hydrogen-bond acceptors (Lipinski definition) is 4. The zero-order valence-corrected chi connectivity index (χ0v) is 5.96. The van der Waals surface area contributed by atoms with Crippen LogP contribution in [-0.4, -0.2) is 24.8 Å². The highest BCUT2D eigenvalue weighted by molar-refractivity contribution is 4.93. The monoisotopic (exact) mass is 146 g/mol. The highest BCUT2D eigenvalue weighted by Gasteiger charge is 2.33. The summed E-state index contributed by atoms with van der Waals surface area (Å²) in [4.78, 5) is 0. The number of aliphatic hydroxyl groups is 1. The first-order valence-electron chi connectivity index (χ1n) is 2.92. The molecule has 0 spiro atoms. The molecule has 1 aliphatic heterocycles. The largest absolute Gasteiger partial charge is 0.434 e. The molecule has 1 heterocycles. The van der Waals surface area contributed by atoms with E-state index in [4.69, 9.17) is 19.3 Å². The van der Waals surface area contributed by atoms with Gasteiger partial charge >= 0.3 is 5.97 Å². The SMILES string of the molecule is COC1(C)OC=C(CO)O1. The summed E-state index contributed by atoms with van der Waals surface area (Å²) in [6.07, 6.45) is 1.34. The minimum Gasteiger partial charge on any atom is -0.434 e. The Balaban J connectivity index is 2.49. The maximum Gasteiger partial charge on any atom is 0.367 e. The van der Waals surface area contributed by atoms with Gasteiger partial charge in [0.05, 0.1) is 0 Å². The molecule has 0 radical (unpaired) electrons. The van der Waals surface area contributed by atoms with Crippen LogP contribution in [0.15, 0.2) is 12.0 Å². The molecule has 0 saturated carbocycles. The molecular formula is C6H10O4. The van der Waals surface area contributed by atoms with Crippen molar-refractivity contribution in [1.82, 2.24) is 0 Å². The number of hydrogen-bond donors (Lipinski definition) is 1. The second-order valence-electron chi connectivity index (χ2n) is 2.03. The van der Waals surface area contributed by atoms with Gasteiger partial charge in [0, 0.05) is 14.0 Å². The van der Waals surface area contributed by atoms with Gasteiger partial charge in [0.25, 0.3) is 0 Å². The first-order valence-corrected chi connectivity index (χ1v) is 2.92. The van der Waals surface area contributed by atoms with Crippen LogP contribution in [-0.2, 0) is 14.2 Å². The van der Waals surface area contributed by atoms with Crippen LogP contribution in [0.1, 0.15) is 6.92 Å². The first-order chi connectivity index (χ1) is 4.70. The zero-order valence-electron chi connectivity index (χ0n) is 5.96. The Kier molecular flexibility index (Phi) is 1.82. The summed E-state index contributed by atoms with van der Waals surface area (Å²) in [5, 5.41) is 8.56. The van der Waals surface area contributed by atoms with Gasteiger partial charge in [-0.15, -0.1) is 0 Å². The van der Waals surface area contributed by atoms with Gasteiger partial charge in [-0.3, -0.25) is 0 Å². The fraction of sp³-hybridized carbons (Fsp3) is 0.667. The van der Waals surface area contributed by atoms with Gasteiger partial charge in [0.15, 0.2) is 5.76 Å². The first kappa shape index (κ1) is 7.37. The van der Waals surface area contributed by atoms with E-state index >= 15 is 0 Å². The Bertz CT molecular complexity index is 154. The number of aliphatic hydroxyl groups excluding tert-OH is 1. The van der Waals surface area contributed by atoms with Crippen molar-refractivity contribution in [1.29, 1.82) is 0 Å². The van der Waals surface area contributed by atoms with E-state index in [1.165, 1.54) is 13.4 Å². The van der Waals surface area contributed by atoms with Gasteiger partial charge in [-0.05, 0) is 0 Å². The molecule has 4 nitrogen and oxygen atoms in total. The van der Waals surface area contributed by atoms with Crippen molar-refractivity contribution in [3.8, 4) is 0 Å². The maximum absolute atomic E-state index is 8.56. The van der Waals surface area contributed by atoms with Gasteiger partial charge in [-0.2, -0.15) is 0 Å². The molecule has 10 heavy (non-hydrogen) atoms. The quantitative estimate of drug-likeness (QED) is 0.604. The molecule has 0 amide bonds. The molecule has 0 aromatic carbocycles. The second kappa shape index (κ2) is 2.48. The van der Waals surface area contributed by atoms with Crippen LogP contribution in [0.3, 0.4) is 0 Å². The minimum atomic E-state index is -1.04. The van der Waals surface area contributed by atoms with Crippen molar-refractivity contribution in [2.75, 3.05) is 13.7 Å². The van der Waals surface area contributed by atoms with Gasteiger partial charge in [-0.25, -0.2) is 0 Å². The zero-order chi connectivity index (χ0) is 7.61. The normalized spacial score (nSPS) is 30.9. The summed E-state index contributed by atoms with van der Waals surface area (Å²) in [5.41, 5.74) is 0. The van der Waals surface area contributed by atoms with Crippen LogP contribution < -0.4 is 0 Å². The highest BCUT2D eigenvalue weighted by atomic mass is 16.9. The van der Waals surface area contributed by atoms with Crippen LogP contribution >= 0.6 is 0 Å². The summed E-state index contributed by atoms with van der Waals surface area (Å²) < 4.78 is 14.8. The molecule has 0 fully saturated rings. The smallest absolute Gasteiger partial charge is 0.367 e. The Morgan fingerprint density at radius 2 is 2.50 bits per heavy atom. The lowest BCUT2D eigenvalue weighted by atomic mass is 10.6. The third kappa shape index (κ3) is 1.22. The molecule has 58 valence electrons. The van der Waals surface area contributed by atoms with E-state index in [0.29, 0.717) is 5.76 Å².